The fourth-order valence-electron chi connectivity index (χ4n) is 2.16. The lowest BCUT2D eigenvalue weighted by Gasteiger charge is -2.03. The van der Waals surface area contributed by atoms with Gasteiger partial charge in [0.15, 0.2) is 11.5 Å². The Kier molecular flexibility index (Phi) is 5.15. The normalized spacial score (nSPS) is 10.8. The predicted octanol–water partition coefficient (Wildman–Crippen LogP) is 3.98. The first-order chi connectivity index (χ1) is 12.2. The molecule has 0 amide bonds. The number of thiazole rings is 1. The minimum Gasteiger partial charge on any atom is -0.504 e. The van der Waals surface area contributed by atoms with Crippen molar-refractivity contribution < 1.29 is 14.6 Å². The van der Waals surface area contributed by atoms with E-state index in [-0.39, 0.29) is 5.75 Å². The van der Waals surface area contributed by atoms with Crippen molar-refractivity contribution in [3.63, 3.8) is 0 Å². The van der Waals surface area contributed by atoms with Crippen molar-refractivity contribution in [1.29, 1.82) is 0 Å². The summed E-state index contributed by atoms with van der Waals surface area (Å²) in [7, 11) is 3.14. The van der Waals surface area contributed by atoms with Gasteiger partial charge in [0, 0.05) is 10.9 Å². The molecule has 0 aliphatic rings. The van der Waals surface area contributed by atoms with Gasteiger partial charge < -0.3 is 14.6 Å². The van der Waals surface area contributed by atoms with Crippen LogP contribution in [0.1, 0.15) is 5.56 Å². The monoisotopic (exact) mass is 355 g/mol. The molecule has 0 fully saturated rings. The Bertz CT molecular complexity index is 876. The molecular formula is C18H17N3O3S. The second-order valence-corrected chi connectivity index (χ2v) is 5.93. The third-order valence-electron chi connectivity index (χ3n) is 3.47. The molecule has 0 saturated heterocycles. The van der Waals surface area contributed by atoms with Gasteiger partial charge in [0.25, 0.3) is 0 Å². The molecule has 1 aromatic heterocycles. The van der Waals surface area contributed by atoms with Crippen molar-refractivity contribution in [1.82, 2.24) is 4.98 Å². The standard InChI is InChI=1S/C18H17N3O3S/c1-23-14-6-4-13(5-7-14)15-11-25-18(20-15)21-19-10-12-3-8-16(22)17(9-12)24-2/h3-11,22H,1-2H3,(H,20,21)/b19-10-. The van der Waals surface area contributed by atoms with Crippen LogP contribution in [-0.2, 0) is 0 Å². The van der Waals surface area contributed by atoms with E-state index in [1.807, 2.05) is 29.6 Å². The zero-order chi connectivity index (χ0) is 17.6. The SMILES string of the molecule is COc1ccc(-c2csc(N/N=C\c3ccc(O)c(OC)c3)n2)cc1. The molecule has 0 radical (unpaired) electrons. The number of phenols is 1. The lowest BCUT2D eigenvalue weighted by atomic mass is 10.2. The minimum absolute atomic E-state index is 0.0941. The van der Waals surface area contributed by atoms with Gasteiger partial charge in [0.1, 0.15) is 5.75 Å². The van der Waals surface area contributed by atoms with Crippen molar-refractivity contribution in [2.75, 3.05) is 19.6 Å². The van der Waals surface area contributed by atoms with Gasteiger partial charge in [-0.2, -0.15) is 5.10 Å². The zero-order valence-electron chi connectivity index (χ0n) is 13.8. The van der Waals surface area contributed by atoms with Gasteiger partial charge in [-0.3, -0.25) is 5.43 Å². The predicted molar refractivity (Wildman–Crippen MR) is 100.0 cm³/mol. The first kappa shape index (κ1) is 16.8. The number of benzene rings is 2. The number of anilines is 1. The first-order valence-corrected chi connectivity index (χ1v) is 8.33. The van der Waals surface area contributed by atoms with Crippen LogP contribution in [0.25, 0.3) is 11.3 Å². The van der Waals surface area contributed by atoms with Crippen LogP contribution < -0.4 is 14.9 Å². The summed E-state index contributed by atoms with van der Waals surface area (Å²) in [4.78, 5) is 4.50. The van der Waals surface area contributed by atoms with E-state index < -0.39 is 0 Å². The molecule has 0 unspecified atom stereocenters. The number of hydrogen-bond acceptors (Lipinski definition) is 7. The molecule has 3 aromatic rings. The highest BCUT2D eigenvalue weighted by atomic mass is 32.1. The van der Waals surface area contributed by atoms with E-state index in [9.17, 15) is 5.11 Å². The van der Waals surface area contributed by atoms with E-state index in [1.165, 1.54) is 18.4 Å². The van der Waals surface area contributed by atoms with E-state index in [4.69, 9.17) is 9.47 Å². The Morgan fingerprint density at radius 2 is 1.92 bits per heavy atom. The maximum Gasteiger partial charge on any atom is 0.203 e. The molecule has 0 aliphatic carbocycles. The molecule has 0 bridgehead atoms. The number of rotatable bonds is 6. The van der Waals surface area contributed by atoms with E-state index >= 15 is 0 Å². The Morgan fingerprint density at radius 3 is 2.64 bits per heavy atom. The lowest BCUT2D eigenvalue weighted by Crippen LogP contribution is -1.91. The topological polar surface area (TPSA) is 76.0 Å². The fraction of sp³-hybridized carbons (Fsp3) is 0.111. The number of nitrogens with one attached hydrogen (secondary N) is 1. The number of methoxy groups -OCH3 is 2. The number of aromatic nitrogens is 1. The van der Waals surface area contributed by atoms with Gasteiger partial charge >= 0.3 is 0 Å². The number of aromatic hydroxyl groups is 1. The summed E-state index contributed by atoms with van der Waals surface area (Å²) < 4.78 is 10.2. The molecule has 128 valence electrons. The molecule has 0 saturated carbocycles. The van der Waals surface area contributed by atoms with Gasteiger partial charge in [0.05, 0.1) is 26.1 Å². The average molecular weight is 355 g/mol. The lowest BCUT2D eigenvalue weighted by molar-refractivity contribution is 0.373. The summed E-state index contributed by atoms with van der Waals surface area (Å²) in [6.07, 6.45) is 1.64. The van der Waals surface area contributed by atoms with Crippen molar-refractivity contribution in [3.8, 4) is 28.5 Å². The van der Waals surface area contributed by atoms with Crippen LogP contribution >= 0.6 is 11.3 Å². The molecule has 7 heteroatoms. The fourth-order valence-corrected chi connectivity index (χ4v) is 2.82. The highest BCUT2D eigenvalue weighted by Crippen LogP contribution is 2.27. The van der Waals surface area contributed by atoms with E-state index in [0.29, 0.717) is 10.9 Å². The molecule has 0 aliphatic heterocycles. The minimum atomic E-state index is 0.0941. The highest BCUT2D eigenvalue weighted by Gasteiger charge is 2.04. The quantitative estimate of drug-likeness (QED) is 0.517. The third-order valence-corrected chi connectivity index (χ3v) is 4.21. The molecule has 1 heterocycles. The summed E-state index contributed by atoms with van der Waals surface area (Å²) in [6.45, 7) is 0. The number of ether oxygens (including phenoxy) is 2. The largest absolute Gasteiger partial charge is 0.504 e. The second kappa shape index (κ2) is 7.67. The molecule has 6 nitrogen and oxygen atoms in total. The molecule has 2 N–H and O–H groups in total. The van der Waals surface area contributed by atoms with Crippen LogP contribution in [0, 0.1) is 0 Å². The van der Waals surface area contributed by atoms with Crippen molar-refractivity contribution in [2.24, 2.45) is 5.10 Å². The van der Waals surface area contributed by atoms with Crippen LogP contribution in [0.15, 0.2) is 52.9 Å². The average Bonchev–Trinajstić information content (AvgIpc) is 3.12. The van der Waals surface area contributed by atoms with Gasteiger partial charge in [-0.05, 0) is 48.0 Å². The van der Waals surface area contributed by atoms with E-state index in [0.717, 1.165) is 22.6 Å². The van der Waals surface area contributed by atoms with Crippen LogP contribution in [0.3, 0.4) is 0 Å². The van der Waals surface area contributed by atoms with Gasteiger partial charge in [0.2, 0.25) is 5.13 Å². The van der Waals surface area contributed by atoms with Crippen LogP contribution in [-0.4, -0.2) is 30.5 Å². The molecule has 0 atom stereocenters. The molecule has 3 rings (SSSR count). The number of phenolic OH excluding ortho intramolecular Hbond substituents is 1. The molecule has 25 heavy (non-hydrogen) atoms. The van der Waals surface area contributed by atoms with E-state index in [1.54, 1.807) is 31.5 Å². The number of nitrogens with zero attached hydrogens (tertiary/aromatic N) is 2. The van der Waals surface area contributed by atoms with Crippen molar-refractivity contribution in [3.05, 3.63) is 53.4 Å². The Hall–Kier alpha value is -3.06. The summed E-state index contributed by atoms with van der Waals surface area (Å²) in [5.74, 6) is 1.31. The Balaban J connectivity index is 1.67. The van der Waals surface area contributed by atoms with Crippen molar-refractivity contribution >= 4 is 22.7 Å². The number of hydrogen-bond donors (Lipinski definition) is 2. The third kappa shape index (κ3) is 4.07. The first-order valence-electron chi connectivity index (χ1n) is 7.45. The van der Waals surface area contributed by atoms with E-state index in [2.05, 4.69) is 15.5 Å². The van der Waals surface area contributed by atoms with Gasteiger partial charge in [-0.15, -0.1) is 11.3 Å². The van der Waals surface area contributed by atoms with Crippen LogP contribution in [0.4, 0.5) is 5.13 Å². The Labute approximate surface area is 149 Å². The summed E-state index contributed by atoms with van der Waals surface area (Å²) >= 11 is 1.47. The number of hydrazone groups is 1. The van der Waals surface area contributed by atoms with Crippen LogP contribution in [0.5, 0.6) is 17.2 Å². The van der Waals surface area contributed by atoms with Gasteiger partial charge in [-0.1, -0.05) is 0 Å². The Morgan fingerprint density at radius 1 is 1.12 bits per heavy atom. The smallest absolute Gasteiger partial charge is 0.203 e. The summed E-state index contributed by atoms with van der Waals surface area (Å²) in [5.41, 5.74) is 5.59. The van der Waals surface area contributed by atoms with Crippen molar-refractivity contribution in [2.45, 2.75) is 0 Å². The molecule has 0 spiro atoms. The molecule has 2 aromatic carbocycles. The summed E-state index contributed by atoms with van der Waals surface area (Å²) in [5, 5.41) is 16.4. The van der Waals surface area contributed by atoms with Crippen LogP contribution in [0.2, 0.25) is 0 Å². The highest BCUT2D eigenvalue weighted by molar-refractivity contribution is 7.14. The zero-order valence-corrected chi connectivity index (χ0v) is 14.6. The maximum absolute atomic E-state index is 9.58. The maximum atomic E-state index is 9.58. The molecular weight excluding hydrogens is 338 g/mol. The second-order valence-electron chi connectivity index (χ2n) is 5.07. The van der Waals surface area contributed by atoms with Gasteiger partial charge in [-0.25, -0.2) is 4.98 Å². The summed E-state index contributed by atoms with van der Waals surface area (Å²) in [6, 6.07) is 12.7.